The van der Waals surface area contributed by atoms with Gasteiger partial charge < -0.3 is 19.9 Å². The summed E-state index contributed by atoms with van der Waals surface area (Å²) in [7, 11) is 0. The highest BCUT2D eigenvalue weighted by atomic mass is 16.3. The van der Waals surface area contributed by atoms with Gasteiger partial charge in [-0.25, -0.2) is 9.97 Å². The maximum Gasteiger partial charge on any atom is 0.225 e. The van der Waals surface area contributed by atoms with Gasteiger partial charge >= 0.3 is 0 Å². The van der Waals surface area contributed by atoms with E-state index in [0.29, 0.717) is 11.3 Å². The van der Waals surface area contributed by atoms with Crippen molar-refractivity contribution in [3.8, 4) is 17.0 Å². The van der Waals surface area contributed by atoms with Gasteiger partial charge in [0.15, 0.2) is 5.65 Å². The molecule has 1 saturated heterocycles. The van der Waals surface area contributed by atoms with Crippen LogP contribution in [0.4, 0.5) is 11.6 Å². The number of nitrogens with one attached hydrogen (secondary N) is 1. The fourth-order valence-corrected chi connectivity index (χ4v) is 5.31. The van der Waals surface area contributed by atoms with Crippen LogP contribution in [0, 0.1) is 5.92 Å². The summed E-state index contributed by atoms with van der Waals surface area (Å²) >= 11 is 0. The van der Waals surface area contributed by atoms with Crippen LogP contribution in [0.3, 0.4) is 0 Å². The highest BCUT2D eigenvalue weighted by Crippen LogP contribution is 2.38. The van der Waals surface area contributed by atoms with Crippen molar-refractivity contribution in [3.05, 3.63) is 54.0 Å². The number of hydrogen-bond donors (Lipinski definition) is 2. The third-order valence-corrected chi connectivity index (χ3v) is 7.38. The van der Waals surface area contributed by atoms with E-state index in [2.05, 4.69) is 38.8 Å². The van der Waals surface area contributed by atoms with Crippen LogP contribution in [0.5, 0.6) is 5.75 Å². The van der Waals surface area contributed by atoms with E-state index in [-0.39, 0.29) is 11.8 Å². The quantitative estimate of drug-likeness (QED) is 0.470. The molecule has 1 atom stereocenters. The topological polar surface area (TPSA) is 94.1 Å². The van der Waals surface area contributed by atoms with Crippen molar-refractivity contribution in [2.75, 3.05) is 29.4 Å². The summed E-state index contributed by atoms with van der Waals surface area (Å²) in [5, 5.41) is 20.1. The van der Waals surface area contributed by atoms with Crippen LogP contribution in [0.2, 0.25) is 0 Å². The van der Waals surface area contributed by atoms with E-state index in [9.17, 15) is 5.11 Å². The number of aromatic amines is 1. The normalized spacial score (nSPS) is 18.9. The van der Waals surface area contributed by atoms with Gasteiger partial charge in [-0.2, -0.15) is 0 Å². The van der Waals surface area contributed by atoms with Crippen molar-refractivity contribution >= 4 is 22.7 Å². The first-order chi connectivity index (χ1) is 16.6. The Morgan fingerprint density at radius 2 is 1.76 bits per heavy atom. The number of nitrogens with zero attached hydrogens (tertiary/aromatic N) is 6. The van der Waals surface area contributed by atoms with Crippen molar-refractivity contribution in [1.82, 2.24) is 25.1 Å². The van der Waals surface area contributed by atoms with E-state index in [1.165, 1.54) is 24.1 Å². The number of fused-ring (bicyclic) bond motifs is 3. The monoisotopic (exact) mass is 455 g/mol. The molecule has 34 heavy (non-hydrogen) atoms. The average Bonchev–Trinajstić information content (AvgIpc) is 3.24. The lowest BCUT2D eigenvalue weighted by Crippen LogP contribution is -2.35. The Bertz CT molecular complexity index is 1320. The summed E-state index contributed by atoms with van der Waals surface area (Å²) in [5.41, 5.74) is 5.60. The van der Waals surface area contributed by atoms with Crippen LogP contribution < -0.4 is 9.80 Å². The van der Waals surface area contributed by atoms with Crippen molar-refractivity contribution in [1.29, 1.82) is 0 Å². The predicted molar refractivity (Wildman–Crippen MR) is 133 cm³/mol. The number of rotatable bonds is 3. The first-order valence-corrected chi connectivity index (χ1v) is 12.1. The zero-order valence-corrected chi connectivity index (χ0v) is 19.6. The third-order valence-electron chi connectivity index (χ3n) is 7.38. The van der Waals surface area contributed by atoms with Gasteiger partial charge in [-0.05, 0) is 43.9 Å². The molecule has 0 bridgehead atoms. The SMILES string of the molecule is CC1CCN(c2cnc(N3CCc4[nH]c5nnc(-c6ccccc6O)cc5c4C3C)nc2)CC1. The molecule has 3 aromatic heterocycles. The van der Waals surface area contributed by atoms with Crippen molar-refractivity contribution in [3.63, 3.8) is 0 Å². The van der Waals surface area contributed by atoms with E-state index < -0.39 is 0 Å². The zero-order chi connectivity index (χ0) is 23.2. The summed E-state index contributed by atoms with van der Waals surface area (Å²) < 4.78 is 0. The second kappa shape index (κ2) is 8.27. The second-order valence-corrected chi connectivity index (χ2v) is 9.56. The fraction of sp³-hybridized carbons (Fsp3) is 0.385. The number of phenolic OH excluding ortho intramolecular Hbond substituents is 1. The van der Waals surface area contributed by atoms with Gasteiger partial charge in [-0.1, -0.05) is 19.1 Å². The summed E-state index contributed by atoms with van der Waals surface area (Å²) in [6, 6.07) is 9.33. The molecular weight excluding hydrogens is 426 g/mol. The molecule has 1 fully saturated rings. The molecule has 0 spiro atoms. The highest BCUT2D eigenvalue weighted by molar-refractivity contribution is 5.86. The van der Waals surface area contributed by atoms with Crippen LogP contribution in [0.15, 0.2) is 42.7 Å². The summed E-state index contributed by atoms with van der Waals surface area (Å²) in [6.07, 6.45) is 7.24. The number of aromatic nitrogens is 5. The molecule has 6 rings (SSSR count). The van der Waals surface area contributed by atoms with Gasteiger partial charge in [-0.3, -0.25) is 0 Å². The van der Waals surface area contributed by atoms with E-state index in [1.54, 1.807) is 12.1 Å². The number of hydrogen-bond acceptors (Lipinski definition) is 7. The lowest BCUT2D eigenvalue weighted by atomic mass is 9.97. The van der Waals surface area contributed by atoms with Crippen molar-refractivity contribution in [2.45, 2.75) is 39.2 Å². The van der Waals surface area contributed by atoms with Crippen LogP contribution in [0.1, 0.15) is 44.0 Å². The highest BCUT2D eigenvalue weighted by Gasteiger charge is 2.30. The van der Waals surface area contributed by atoms with E-state index in [4.69, 9.17) is 9.97 Å². The average molecular weight is 456 g/mol. The molecule has 174 valence electrons. The Kier molecular flexibility index (Phi) is 5.08. The summed E-state index contributed by atoms with van der Waals surface area (Å²) in [4.78, 5) is 17.6. The van der Waals surface area contributed by atoms with E-state index >= 15 is 0 Å². The van der Waals surface area contributed by atoms with Crippen LogP contribution >= 0.6 is 0 Å². The largest absolute Gasteiger partial charge is 0.507 e. The molecular formula is C26H29N7O. The first kappa shape index (κ1) is 20.9. The molecule has 4 aromatic rings. The van der Waals surface area contributed by atoms with Gasteiger partial charge in [0.25, 0.3) is 0 Å². The van der Waals surface area contributed by atoms with Gasteiger partial charge in [0.1, 0.15) is 5.75 Å². The van der Waals surface area contributed by atoms with Crippen LogP contribution in [-0.2, 0) is 6.42 Å². The fourth-order valence-electron chi connectivity index (χ4n) is 5.31. The molecule has 1 unspecified atom stereocenters. The van der Waals surface area contributed by atoms with Gasteiger partial charge in [0.05, 0.1) is 29.8 Å². The molecule has 2 aliphatic rings. The molecule has 0 radical (unpaired) electrons. The van der Waals surface area contributed by atoms with Gasteiger partial charge in [-0.15, -0.1) is 10.2 Å². The molecule has 5 heterocycles. The minimum Gasteiger partial charge on any atom is -0.507 e. The number of H-pyrrole nitrogens is 1. The smallest absolute Gasteiger partial charge is 0.225 e. The Balaban J connectivity index is 1.31. The first-order valence-electron chi connectivity index (χ1n) is 12.1. The Labute approximate surface area is 198 Å². The number of para-hydroxylation sites is 1. The maximum atomic E-state index is 10.3. The Morgan fingerprint density at radius 1 is 1.00 bits per heavy atom. The number of anilines is 2. The molecule has 1 aromatic carbocycles. The molecule has 2 N–H and O–H groups in total. The predicted octanol–water partition coefficient (Wildman–Crippen LogP) is 4.48. The molecule has 0 amide bonds. The van der Waals surface area contributed by atoms with Gasteiger partial charge in [0, 0.05) is 48.3 Å². The Hall–Kier alpha value is -3.68. The van der Waals surface area contributed by atoms with Gasteiger partial charge in [0.2, 0.25) is 5.95 Å². The summed E-state index contributed by atoms with van der Waals surface area (Å²) in [5.74, 6) is 1.75. The van der Waals surface area contributed by atoms with Crippen molar-refractivity contribution in [2.24, 2.45) is 5.92 Å². The minimum absolute atomic E-state index is 0.0839. The molecule has 8 nitrogen and oxygen atoms in total. The van der Waals surface area contributed by atoms with Crippen LogP contribution in [-0.4, -0.2) is 49.9 Å². The summed E-state index contributed by atoms with van der Waals surface area (Å²) in [6.45, 7) is 7.49. The lowest BCUT2D eigenvalue weighted by Gasteiger charge is -2.35. The number of piperidine rings is 1. The Morgan fingerprint density at radius 3 is 2.53 bits per heavy atom. The minimum atomic E-state index is 0.0839. The number of phenols is 1. The van der Waals surface area contributed by atoms with Crippen molar-refractivity contribution < 1.29 is 5.11 Å². The lowest BCUT2D eigenvalue weighted by molar-refractivity contribution is 0.438. The van der Waals surface area contributed by atoms with E-state index in [1.807, 2.05) is 30.6 Å². The molecule has 0 aliphatic carbocycles. The molecule has 2 aliphatic heterocycles. The van der Waals surface area contributed by atoms with E-state index in [0.717, 1.165) is 54.6 Å². The molecule has 0 saturated carbocycles. The standard InChI is InChI=1S/C26H29N7O/c1-16-7-10-32(11-8-16)18-14-27-26(28-15-18)33-12-9-21-24(17(33)2)20-13-22(30-31-25(20)29-21)19-5-3-4-6-23(19)34/h3-6,13-17,34H,7-12H2,1-2H3,(H,29,31). The number of benzene rings is 1. The number of aromatic hydroxyl groups is 1. The zero-order valence-electron chi connectivity index (χ0n) is 19.6. The second-order valence-electron chi connectivity index (χ2n) is 9.56. The third kappa shape index (κ3) is 3.54. The van der Waals surface area contributed by atoms with Crippen LogP contribution in [0.25, 0.3) is 22.3 Å². The maximum absolute atomic E-state index is 10.3. The molecule has 8 heteroatoms.